The average molecular weight is 271 g/mol. The van der Waals surface area contributed by atoms with E-state index < -0.39 is 5.97 Å². The lowest BCUT2D eigenvalue weighted by molar-refractivity contribution is 0.0699. The van der Waals surface area contributed by atoms with Gasteiger partial charge in [-0.25, -0.2) is 4.79 Å². The Morgan fingerprint density at radius 3 is 2.45 bits per heavy atom. The van der Waals surface area contributed by atoms with Crippen LogP contribution in [0.3, 0.4) is 0 Å². The molecule has 3 rings (SSSR count). The second-order valence-corrected chi connectivity index (χ2v) is 5.52. The smallest absolute Gasteiger partial charge is 0.336 e. The molecule has 0 aliphatic heterocycles. The van der Waals surface area contributed by atoms with Gasteiger partial charge in [0, 0.05) is 23.0 Å². The second-order valence-electron chi connectivity index (χ2n) is 5.52. The van der Waals surface area contributed by atoms with Gasteiger partial charge in [0.25, 0.3) is 0 Å². The molecule has 2 aromatic rings. The van der Waals surface area contributed by atoms with Crippen molar-refractivity contribution in [3.63, 3.8) is 0 Å². The van der Waals surface area contributed by atoms with Gasteiger partial charge in [-0.3, -0.25) is 0 Å². The molecule has 20 heavy (non-hydrogen) atoms. The minimum Gasteiger partial charge on any atom is -0.478 e. The lowest BCUT2D eigenvalue weighted by atomic mass is 10.0. The van der Waals surface area contributed by atoms with Crippen LogP contribution in [0.25, 0.3) is 10.8 Å². The summed E-state index contributed by atoms with van der Waals surface area (Å²) in [6, 6.07) is 10.9. The highest BCUT2D eigenvalue weighted by Gasteiger charge is 2.41. The molecule has 0 aromatic heterocycles. The molecule has 104 valence electrons. The van der Waals surface area contributed by atoms with Crippen LogP contribution in [0.5, 0.6) is 0 Å². The predicted octanol–water partition coefficient (Wildman–Crippen LogP) is 2.72. The Bertz CT molecular complexity index is 662. The average Bonchev–Trinajstić information content (AvgIpc) is 3.25. The molecule has 1 aliphatic carbocycles. The molecule has 2 aromatic carbocycles. The lowest BCUT2D eigenvalue weighted by Gasteiger charge is -2.16. The molecule has 4 nitrogen and oxygen atoms in total. The summed E-state index contributed by atoms with van der Waals surface area (Å²) in [6.45, 7) is 0.922. The SMILES string of the molecule is O=C(O)c1ccc(NCC2(CO)CC2)c2ccccc12. The Morgan fingerprint density at radius 1 is 1.15 bits per heavy atom. The minimum absolute atomic E-state index is 0.0204. The molecule has 3 N–H and O–H groups in total. The Hall–Kier alpha value is -2.07. The second kappa shape index (κ2) is 4.80. The van der Waals surface area contributed by atoms with E-state index in [1.165, 1.54) is 0 Å². The fourth-order valence-electron chi connectivity index (χ4n) is 2.49. The number of carboxylic acid groups (broad SMARTS) is 1. The summed E-state index contributed by atoms with van der Waals surface area (Å²) in [6.07, 6.45) is 2.09. The number of fused-ring (bicyclic) bond motifs is 1. The van der Waals surface area contributed by atoms with Gasteiger partial charge in [0.1, 0.15) is 0 Å². The molecule has 1 saturated carbocycles. The Morgan fingerprint density at radius 2 is 1.85 bits per heavy atom. The van der Waals surface area contributed by atoms with E-state index in [1.54, 1.807) is 12.1 Å². The van der Waals surface area contributed by atoms with E-state index in [4.69, 9.17) is 0 Å². The normalized spacial score (nSPS) is 16.1. The van der Waals surface area contributed by atoms with Gasteiger partial charge < -0.3 is 15.5 Å². The van der Waals surface area contributed by atoms with Gasteiger partial charge in [-0.05, 0) is 30.4 Å². The molecule has 0 saturated heterocycles. The molecule has 0 radical (unpaired) electrons. The van der Waals surface area contributed by atoms with Gasteiger partial charge >= 0.3 is 5.97 Å². The van der Waals surface area contributed by atoms with Crippen LogP contribution in [-0.4, -0.2) is 29.3 Å². The summed E-state index contributed by atoms with van der Waals surface area (Å²) in [5.41, 5.74) is 1.26. The molecule has 0 spiro atoms. The predicted molar refractivity (Wildman–Crippen MR) is 78.1 cm³/mol. The van der Waals surface area contributed by atoms with Gasteiger partial charge in [-0.1, -0.05) is 24.3 Å². The third-order valence-electron chi connectivity index (χ3n) is 4.10. The third-order valence-corrected chi connectivity index (χ3v) is 4.10. The number of aliphatic hydroxyl groups is 1. The topological polar surface area (TPSA) is 69.6 Å². The molecule has 1 fully saturated rings. The number of carbonyl (C=O) groups is 1. The van der Waals surface area contributed by atoms with Crippen molar-refractivity contribution in [1.29, 1.82) is 0 Å². The van der Waals surface area contributed by atoms with E-state index in [2.05, 4.69) is 5.32 Å². The molecular formula is C16H17NO3. The number of anilines is 1. The summed E-state index contributed by atoms with van der Waals surface area (Å²) < 4.78 is 0. The van der Waals surface area contributed by atoms with Gasteiger partial charge in [0.05, 0.1) is 12.2 Å². The molecule has 0 atom stereocenters. The summed E-state index contributed by atoms with van der Waals surface area (Å²) in [5.74, 6) is -0.915. The van der Waals surface area contributed by atoms with Gasteiger partial charge in [0.15, 0.2) is 0 Å². The Balaban J connectivity index is 1.96. The van der Waals surface area contributed by atoms with E-state index in [0.29, 0.717) is 5.56 Å². The summed E-state index contributed by atoms with van der Waals surface area (Å²) in [5, 5.41) is 23.6. The number of nitrogens with one attached hydrogen (secondary N) is 1. The Labute approximate surface area is 117 Å². The van der Waals surface area contributed by atoms with E-state index in [9.17, 15) is 15.0 Å². The molecule has 0 unspecified atom stereocenters. The first-order valence-electron chi connectivity index (χ1n) is 6.75. The number of rotatable bonds is 5. The van der Waals surface area contributed by atoms with Crippen LogP contribution in [0.15, 0.2) is 36.4 Å². The fraction of sp³-hybridized carbons (Fsp3) is 0.312. The number of hydrogen-bond donors (Lipinski definition) is 3. The number of aromatic carboxylic acids is 1. The lowest BCUT2D eigenvalue weighted by Crippen LogP contribution is -2.19. The maximum Gasteiger partial charge on any atom is 0.336 e. The van der Waals surface area contributed by atoms with E-state index in [-0.39, 0.29) is 12.0 Å². The molecule has 0 bridgehead atoms. The fourth-order valence-corrected chi connectivity index (χ4v) is 2.49. The van der Waals surface area contributed by atoms with Crippen molar-refractivity contribution in [2.45, 2.75) is 12.8 Å². The molecular weight excluding hydrogens is 254 g/mol. The zero-order valence-electron chi connectivity index (χ0n) is 11.1. The molecule has 4 heteroatoms. The van der Waals surface area contributed by atoms with E-state index >= 15 is 0 Å². The molecule has 1 aliphatic rings. The van der Waals surface area contributed by atoms with Crippen molar-refractivity contribution in [2.24, 2.45) is 5.41 Å². The van der Waals surface area contributed by atoms with Gasteiger partial charge in [0.2, 0.25) is 0 Å². The van der Waals surface area contributed by atoms with Crippen molar-refractivity contribution >= 4 is 22.4 Å². The van der Waals surface area contributed by atoms with Crippen LogP contribution in [0, 0.1) is 5.41 Å². The molecule has 0 amide bonds. The van der Waals surface area contributed by atoms with Crippen LogP contribution in [0.1, 0.15) is 23.2 Å². The summed E-state index contributed by atoms with van der Waals surface area (Å²) in [7, 11) is 0. The number of benzene rings is 2. The highest BCUT2D eigenvalue weighted by molar-refractivity contribution is 6.07. The maximum absolute atomic E-state index is 11.2. The van der Waals surface area contributed by atoms with Crippen LogP contribution in [0.2, 0.25) is 0 Å². The van der Waals surface area contributed by atoms with E-state index in [1.807, 2.05) is 24.3 Å². The minimum atomic E-state index is -0.915. The van der Waals surface area contributed by atoms with Crippen molar-refractivity contribution in [3.05, 3.63) is 42.0 Å². The molecule has 0 heterocycles. The van der Waals surface area contributed by atoms with Crippen LogP contribution < -0.4 is 5.32 Å². The quantitative estimate of drug-likeness (QED) is 0.782. The summed E-state index contributed by atoms with van der Waals surface area (Å²) >= 11 is 0. The first-order valence-corrected chi connectivity index (χ1v) is 6.75. The van der Waals surface area contributed by atoms with Crippen LogP contribution >= 0.6 is 0 Å². The largest absolute Gasteiger partial charge is 0.478 e. The van der Waals surface area contributed by atoms with Crippen molar-refractivity contribution in [3.8, 4) is 0 Å². The monoisotopic (exact) mass is 271 g/mol. The van der Waals surface area contributed by atoms with Crippen LogP contribution in [-0.2, 0) is 0 Å². The van der Waals surface area contributed by atoms with Gasteiger partial charge in [-0.2, -0.15) is 0 Å². The number of aliphatic hydroxyl groups excluding tert-OH is 1. The third kappa shape index (κ3) is 2.23. The zero-order chi connectivity index (χ0) is 14.2. The van der Waals surface area contributed by atoms with E-state index in [0.717, 1.165) is 35.8 Å². The summed E-state index contributed by atoms with van der Waals surface area (Å²) in [4.78, 5) is 11.2. The number of hydrogen-bond acceptors (Lipinski definition) is 3. The highest BCUT2D eigenvalue weighted by atomic mass is 16.4. The van der Waals surface area contributed by atoms with Gasteiger partial charge in [-0.15, -0.1) is 0 Å². The zero-order valence-corrected chi connectivity index (χ0v) is 11.1. The Kier molecular flexibility index (Phi) is 3.10. The van der Waals surface area contributed by atoms with Crippen molar-refractivity contribution < 1.29 is 15.0 Å². The first kappa shape index (κ1) is 12.9. The van der Waals surface area contributed by atoms with Crippen molar-refractivity contribution in [1.82, 2.24) is 0 Å². The van der Waals surface area contributed by atoms with Crippen LogP contribution in [0.4, 0.5) is 5.69 Å². The van der Waals surface area contributed by atoms with Crippen molar-refractivity contribution in [2.75, 3.05) is 18.5 Å². The standard InChI is InChI=1S/C16H17NO3/c18-10-16(7-8-16)9-17-14-6-5-13(15(19)20)11-3-1-2-4-12(11)14/h1-6,17-18H,7-10H2,(H,19,20). The number of carboxylic acids is 1. The maximum atomic E-state index is 11.2. The highest BCUT2D eigenvalue weighted by Crippen LogP contribution is 2.45. The first-order chi connectivity index (χ1) is 9.65.